The maximum absolute atomic E-state index is 9.84. The SMILES string of the molecule is C=C.CC(O)C(=O)O.CC(O)CCC(=O)O.CCC(O)CC(=O)O.CCCC(O)C(=O)O.O=C(O)C(O)C(=O)O. The summed E-state index contributed by atoms with van der Waals surface area (Å²) >= 11 is 0. The molecule has 238 valence electrons. The van der Waals surface area contributed by atoms with E-state index in [9.17, 15) is 28.8 Å². The summed E-state index contributed by atoms with van der Waals surface area (Å²) in [4.78, 5) is 57.9. The Hall–Kier alpha value is -3.64. The summed E-state index contributed by atoms with van der Waals surface area (Å²) in [6, 6.07) is 0. The van der Waals surface area contributed by atoms with Crippen LogP contribution in [-0.4, -0.2) is 123 Å². The van der Waals surface area contributed by atoms with Crippen molar-refractivity contribution in [1.82, 2.24) is 0 Å². The molecule has 0 aromatic carbocycles. The molecule has 17 heteroatoms. The van der Waals surface area contributed by atoms with E-state index < -0.39 is 66.3 Å². The Morgan fingerprint density at radius 1 is 0.625 bits per heavy atom. The van der Waals surface area contributed by atoms with Crippen molar-refractivity contribution in [2.75, 3.05) is 0 Å². The number of rotatable bonds is 12. The first kappa shape index (κ1) is 49.3. The van der Waals surface area contributed by atoms with Crippen molar-refractivity contribution >= 4 is 35.8 Å². The van der Waals surface area contributed by atoms with Gasteiger partial charge in [-0.1, -0.05) is 20.3 Å². The number of aliphatic carboxylic acids is 6. The van der Waals surface area contributed by atoms with Crippen LogP contribution in [0.5, 0.6) is 0 Å². The zero-order valence-corrected chi connectivity index (χ0v) is 22.9. The van der Waals surface area contributed by atoms with Gasteiger partial charge in [-0.15, -0.1) is 13.2 Å². The van der Waals surface area contributed by atoms with Crippen LogP contribution in [0.4, 0.5) is 0 Å². The molecule has 0 bridgehead atoms. The van der Waals surface area contributed by atoms with E-state index in [-0.39, 0.29) is 12.8 Å². The van der Waals surface area contributed by atoms with Crippen molar-refractivity contribution in [3.8, 4) is 0 Å². The Kier molecular flexibility index (Phi) is 41.2. The number of aliphatic hydroxyl groups excluding tert-OH is 5. The third kappa shape index (κ3) is 55.0. The molecule has 0 amide bonds. The van der Waals surface area contributed by atoms with Crippen molar-refractivity contribution in [3.05, 3.63) is 13.2 Å². The van der Waals surface area contributed by atoms with Gasteiger partial charge in [0.1, 0.15) is 6.10 Å². The fourth-order valence-corrected chi connectivity index (χ4v) is 1.18. The van der Waals surface area contributed by atoms with Gasteiger partial charge in [0.2, 0.25) is 6.10 Å². The largest absolute Gasteiger partial charge is 0.481 e. The lowest BCUT2D eigenvalue weighted by molar-refractivity contribution is -0.161. The van der Waals surface area contributed by atoms with Gasteiger partial charge >= 0.3 is 35.8 Å². The topological polar surface area (TPSA) is 325 Å². The van der Waals surface area contributed by atoms with Gasteiger partial charge in [-0.3, -0.25) is 9.59 Å². The highest BCUT2D eigenvalue weighted by Crippen LogP contribution is 1.95. The van der Waals surface area contributed by atoms with Crippen LogP contribution in [0.25, 0.3) is 0 Å². The molecule has 0 aliphatic carbocycles. The van der Waals surface area contributed by atoms with Crippen LogP contribution in [0, 0.1) is 0 Å². The Morgan fingerprint density at radius 2 is 1.00 bits per heavy atom. The van der Waals surface area contributed by atoms with Crippen molar-refractivity contribution in [3.63, 3.8) is 0 Å². The molecule has 11 N–H and O–H groups in total. The minimum absolute atomic E-state index is 0.0532. The van der Waals surface area contributed by atoms with E-state index in [0.29, 0.717) is 25.7 Å². The summed E-state index contributed by atoms with van der Waals surface area (Å²) in [7, 11) is 0. The molecule has 0 saturated carbocycles. The molecule has 0 spiro atoms. The van der Waals surface area contributed by atoms with Gasteiger partial charge in [-0.2, -0.15) is 0 Å². The zero-order chi connectivity index (χ0) is 33.6. The monoisotopic (exact) mass is 592 g/mol. The van der Waals surface area contributed by atoms with Crippen molar-refractivity contribution in [2.45, 2.75) is 96.7 Å². The predicted octanol–water partition coefficient (Wildman–Crippen LogP) is -0.533. The number of hydrogen-bond acceptors (Lipinski definition) is 11. The third-order valence-corrected chi connectivity index (χ3v) is 3.33. The Labute approximate surface area is 231 Å². The van der Waals surface area contributed by atoms with Crippen LogP contribution in [0.2, 0.25) is 0 Å². The second kappa shape index (κ2) is 33.4. The van der Waals surface area contributed by atoms with Crippen LogP contribution in [0.3, 0.4) is 0 Å². The highest BCUT2D eigenvalue weighted by molar-refractivity contribution is 5.95. The first-order chi connectivity index (χ1) is 18.2. The second-order valence-electron chi connectivity index (χ2n) is 7.18. The van der Waals surface area contributed by atoms with Crippen LogP contribution in [0.15, 0.2) is 13.2 Å². The molecule has 4 unspecified atom stereocenters. The molecule has 0 aliphatic heterocycles. The van der Waals surface area contributed by atoms with E-state index in [2.05, 4.69) is 13.2 Å². The van der Waals surface area contributed by atoms with Crippen molar-refractivity contribution < 1.29 is 84.9 Å². The van der Waals surface area contributed by atoms with E-state index in [1.807, 2.05) is 6.92 Å². The molecule has 4 atom stereocenters. The average Bonchev–Trinajstić information content (AvgIpc) is 2.84. The molecule has 0 radical (unpaired) electrons. The number of hydrogen-bond donors (Lipinski definition) is 11. The Bertz CT molecular complexity index is 677. The first-order valence-electron chi connectivity index (χ1n) is 11.4. The van der Waals surface area contributed by atoms with Crippen LogP contribution >= 0.6 is 0 Å². The third-order valence-electron chi connectivity index (χ3n) is 3.33. The summed E-state index contributed by atoms with van der Waals surface area (Å²) in [5.41, 5.74) is 0. The molecule has 0 saturated heterocycles. The minimum Gasteiger partial charge on any atom is -0.481 e. The number of carbonyl (C=O) groups is 6. The number of aliphatic hydroxyl groups is 5. The summed E-state index contributed by atoms with van der Waals surface area (Å²) in [6.45, 7) is 12.3. The Morgan fingerprint density at radius 3 is 1.07 bits per heavy atom. The van der Waals surface area contributed by atoms with Gasteiger partial charge in [-0.25, -0.2) is 19.2 Å². The summed E-state index contributed by atoms with van der Waals surface area (Å²) < 4.78 is 0. The standard InChI is InChI=1S/3C5H10O3.C3H4O5.C3H6O3.C2H4/c1-4(6)2-3-5(7)8;1-2-4(6)3-5(7)8;1-2-3-4(6)5(7)8;4-1(2(5)6)3(7)8;1-2(4)3(5)6;1-2/h3*4,6H,2-3H2,1H3,(H,7,8);1,4H,(H,5,6)(H,7,8);2,4H,1H3,(H,5,6);1-2H2. The van der Waals surface area contributed by atoms with Gasteiger partial charge in [0.15, 0.2) is 6.10 Å². The molecule has 0 aliphatic rings. The van der Waals surface area contributed by atoms with E-state index in [4.69, 9.17) is 56.2 Å². The van der Waals surface area contributed by atoms with Crippen molar-refractivity contribution in [2.24, 2.45) is 0 Å². The zero-order valence-electron chi connectivity index (χ0n) is 22.9. The van der Waals surface area contributed by atoms with E-state index in [1.165, 1.54) is 6.92 Å². The summed E-state index contributed by atoms with van der Waals surface area (Å²) in [5.74, 6) is -7.62. The normalized spacial score (nSPS) is 11.9. The van der Waals surface area contributed by atoms with Gasteiger partial charge in [0.05, 0.1) is 18.6 Å². The summed E-state index contributed by atoms with van der Waals surface area (Å²) in [6.07, 6.45) is -4.06. The molecule has 17 nitrogen and oxygen atoms in total. The van der Waals surface area contributed by atoms with E-state index >= 15 is 0 Å². The molecule has 0 aromatic heterocycles. The maximum Gasteiger partial charge on any atom is 0.344 e. The van der Waals surface area contributed by atoms with Crippen LogP contribution in [0.1, 0.15) is 66.2 Å². The first-order valence-corrected chi connectivity index (χ1v) is 11.4. The lowest BCUT2D eigenvalue weighted by Gasteiger charge is -2.00. The number of carboxylic acid groups (broad SMARTS) is 6. The maximum atomic E-state index is 9.84. The smallest absolute Gasteiger partial charge is 0.344 e. The molecule has 0 heterocycles. The van der Waals surface area contributed by atoms with Gasteiger partial charge in [0, 0.05) is 6.42 Å². The Balaban J connectivity index is -0.0000000891. The van der Waals surface area contributed by atoms with Crippen LogP contribution in [-0.2, 0) is 28.8 Å². The molecule has 40 heavy (non-hydrogen) atoms. The van der Waals surface area contributed by atoms with Gasteiger partial charge in [0.25, 0.3) is 0 Å². The van der Waals surface area contributed by atoms with E-state index in [1.54, 1.807) is 13.8 Å². The van der Waals surface area contributed by atoms with Gasteiger partial charge < -0.3 is 56.2 Å². The van der Waals surface area contributed by atoms with Crippen LogP contribution < -0.4 is 0 Å². The van der Waals surface area contributed by atoms with Crippen molar-refractivity contribution in [1.29, 1.82) is 0 Å². The molecule has 0 fully saturated rings. The minimum atomic E-state index is -2.30. The van der Waals surface area contributed by atoms with Gasteiger partial charge in [-0.05, 0) is 33.1 Å². The number of carboxylic acids is 6. The quantitative estimate of drug-likeness (QED) is 0.100. The highest BCUT2D eigenvalue weighted by Gasteiger charge is 2.20. The van der Waals surface area contributed by atoms with E-state index in [0.717, 1.165) is 0 Å². The molecule has 0 aromatic rings. The lowest BCUT2D eigenvalue weighted by atomic mass is 10.2. The fraction of sp³-hybridized carbons (Fsp3) is 0.652. The molecule has 0 rings (SSSR count). The fourth-order valence-electron chi connectivity index (χ4n) is 1.18. The average molecular weight is 593 g/mol. The second-order valence-corrected chi connectivity index (χ2v) is 7.18. The predicted molar refractivity (Wildman–Crippen MR) is 138 cm³/mol. The molecular formula is C23H44O17. The lowest BCUT2D eigenvalue weighted by Crippen LogP contribution is -2.28. The molecular weight excluding hydrogens is 548 g/mol. The highest BCUT2D eigenvalue weighted by atomic mass is 16.4. The summed E-state index contributed by atoms with van der Waals surface area (Å²) in [5, 5.41) is 89.1.